The molecular formula is C23H44NO8P. The van der Waals surface area contributed by atoms with E-state index in [-0.39, 0.29) is 25.6 Å². The molecular weight excluding hydrogens is 449 g/mol. The van der Waals surface area contributed by atoms with Gasteiger partial charge in [-0.25, -0.2) is 4.57 Å². The van der Waals surface area contributed by atoms with Gasteiger partial charge in [-0.1, -0.05) is 64.0 Å². The molecule has 1 unspecified atom stereocenters. The van der Waals surface area contributed by atoms with E-state index in [9.17, 15) is 19.0 Å². The molecule has 9 nitrogen and oxygen atoms in total. The number of esters is 1. The number of nitrogens with two attached hydrogens (primary N) is 1. The van der Waals surface area contributed by atoms with Crippen molar-refractivity contribution in [2.45, 2.75) is 103 Å². The highest BCUT2D eigenvalue weighted by Gasteiger charge is 2.24. The van der Waals surface area contributed by atoms with Crippen LogP contribution in [0, 0.1) is 0 Å². The fourth-order valence-electron chi connectivity index (χ4n) is 2.94. The van der Waals surface area contributed by atoms with Gasteiger partial charge in [-0.3, -0.25) is 18.6 Å². The Morgan fingerprint density at radius 1 is 0.879 bits per heavy atom. The lowest BCUT2D eigenvalue weighted by molar-refractivity contribution is -0.144. The number of carboxylic acid groups (broad SMARTS) is 1. The van der Waals surface area contributed by atoms with Gasteiger partial charge in [0.15, 0.2) is 0 Å². The van der Waals surface area contributed by atoms with Crippen molar-refractivity contribution in [1.29, 1.82) is 0 Å². The Morgan fingerprint density at radius 2 is 1.45 bits per heavy atom. The normalized spacial score (nSPS) is 14.3. The highest BCUT2D eigenvalue weighted by molar-refractivity contribution is 7.47. The molecule has 10 heteroatoms. The van der Waals surface area contributed by atoms with Crippen LogP contribution in [0.2, 0.25) is 0 Å². The van der Waals surface area contributed by atoms with Gasteiger partial charge in [-0.15, -0.1) is 0 Å². The second kappa shape index (κ2) is 21.3. The van der Waals surface area contributed by atoms with Crippen LogP contribution in [0.4, 0.5) is 0 Å². The maximum absolute atomic E-state index is 11.7. The molecule has 194 valence electrons. The number of unbranched alkanes of at least 4 members (excludes halogenated alkanes) is 10. The van der Waals surface area contributed by atoms with Crippen molar-refractivity contribution in [3.8, 4) is 0 Å². The van der Waals surface area contributed by atoms with E-state index in [4.69, 9.17) is 15.6 Å². The monoisotopic (exact) mass is 493 g/mol. The van der Waals surface area contributed by atoms with Gasteiger partial charge in [0.25, 0.3) is 0 Å². The van der Waals surface area contributed by atoms with Crippen molar-refractivity contribution >= 4 is 19.8 Å². The summed E-state index contributed by atoms with van der Waals surface area (Å²) in [6, 6.07) is -1.42. The number of ether oxygens (including phenoxy) is 1. The van der Waals surface area contributed by atoms with Crippen molar-refractivity contribution in [2.24, 2.45) is 5.73 Å². The van der Waals surface area contributed by atoms with Crippen molar-refractivity contribution < 1.29 is 37.9 Å². The molecule has 0 radical (unpaired) electrons. The number of carbonyl (C=O) groups excluding carboxylic acids is 1. The van der Waals surface area contributed by atoms with Crippen molar-refractivity contribution in [1.82, 2.24) is 0 Å². The summed E-state index contributed by atoms with van der Waals surface area (Å²) in [5, 5.41) is 8.59. The molecule has 0 aliphatic rings. The van der Waals surface area contributed by atoms with Gasteiger partial charge in [-0.2, -0.15) is 0 Å². The van der Waals surface area contributed by atoms with Crippen LogP contribution < -0.4 is 5.73 Å². The van der Waals surface area contributed by atoms with Gasteiger partial charge in [-0.05, 0) is 32.1 Å². The molecule has 0 heterocycles. The van der Waals surface area contributed by atoms with Crippen LogP contribution in [0.3, 0.4) is 0 Å². The summed E-state index contributed by atoms with van der Waals surface area (Å²) in [5.41, 5.74) is 5.17. The van der Waals surface area contributed by atoms with E-state index in [0.717, 1.165) is 32.1 Å². The average Bonchev–Trinajstić information content (AvgIpc) is 2.77. The molecule has 0 bridgehead atoms. The molecule has 0 spiro atoms. The first kappa shape index (κ1) is 31.8. The molecule has 2 atom stereocenters. The molecule has 4 N–H and O–H groups in total. The Morgan fingerprint density at radius 3 is 2.06 bits per heavy atom. The Bertz CT molecular complexity index is 585. The third-order valence-corrected chi connectivity index (χ3v) is 5.92. The van der Waals surface area contributed by atoms with E-state index in [1.165, 1.54) is 44.9 Å². The van der Waals surface area contributed by atoms with Crippen LogP contribution in [-0.4, -0.2) is 47.8 Å². The Balaban J connectivity index is 3.49. The SMILES string of the molecule is CCCCCCC/C=C/CCCCCCCC(=O)OCCCOP(=O)(O)OC[C@@H](N)C(=O)O. The second-order valence-corrected chi connectivity index (χ2v) is 9.55. The molecule has 0 fully saturated rings. The van der Waals surface area contributed by atoms with Gasteiger partial charge in [0.1, 0.15) is 6.04 Å². The van der Waals surface area contributed by atoms with Gasteiger partial charge >= 0.3 is 19.8 Å². The lowest BCUT2D eigenvalue weighted by atomic mass is 10.1. The molecule has 0 aromatic rings. The minimum absolute atomic E-state index is 0.0679. The highest BCUT2D eigenvalue weighted by Crippen LogP contribution is 2.43. The molecule has 0 aromatic carbocycles. The molecule has 0 saturated heterocycles. The molecule has 0 aromatic heterocycles. The predicted molar refractivity (Wildman–Crippen MR) is 128 cm³/mol. The number of aliphatic carboxylic acids is 1. The summed E-state index contributed by atoms with van der Waals surface area (Å²) in [6.45, 7) is 1.49. The quantitative estimate of drug-likeness (QED) is 0.0764. The maximum atomic E-state index is 11.7. The first-order valence-electron chi connectivity index (χ1n) is 12.2. The molecule has 0 rings (SSSR count). The van der Waals surface area contributed by atoms with Gasteiger partial charge < -0.3 is 20.5 Å². The number of hydrogen-bond donors (Lipinski definition) is 3. The largest absolute Gasteiger partial charge is 0.480 e. The smallest absolute Gasteiger partial charge is 0.472 e. The van der Waals surface area contributed by atoms with E-state index < -0.39 is 26.4 Å². The fraction of sp³-hybridized carbons (Fsp3) is 0.826. The molecule has 0 saturated carbocycles. The minimum atomic E-state index is -4.38. The van der Waals surface area contributed by atoms with Crippen LogP contribution in [0.25, 0.3) is 0 Å². The first-order chi connectivity index (χ1) is 15.8. The Kier molecular flexibility index (Phi) is 20.5. The number of phosphoric acid groups is 1. The van der Waals surface area contributed by atoms with Crippen molar-refractivity contribution in [3.05, 3.63) is 12.2 Å². The average molecular weight is 494 g/mol. The zero-order chi connectivity index (χ0) is 24.8. The molecule has 33 heavy (non-hydrogen) atoms. The second-order valence-electron chi connectivity index (χ2n) is 8.10. The minimum Gasteiger partial charge on any atom is -0.480 e. The van der Waals surface area contributed by atoms with E-state index in [1.807, 2.05) is 0 Å². The van der Waals surface area contributed by atoms with Crippen LogP contribution in [0.5, 0.6) is 0 Å². The number of carboxylic acids is 1. The zero-order valence-corrected chi connectivity index (χ0v) is 21.0. The van der Waals surface area contributed by atoms with E-state index in [2.05, 4.69) is 28.1 Å². The van der Waals surface area contributed by atoms with Gasteiger partial charge in [0.05, 0.1) is 19.8 Å². The van der Waals surface area contributed by atoms with Crippen molar-refractivity contribution in [2.75, 3.05) is 19.8 Å². The summed E-state index contributed by atoms with van der Waals surface area (Å²) in [5.74, 6) is -1.65. The summed E-state index contributed by atoms with van der Waals surface area (Å²) in [6.07, 6.45) is 19.3. The molecule has 0 amide bonds. The topological polar surface area (TPSA) is 145 Å². The van der Waals surface area contributed by atoms with Crippen molar-refractivity contribution in [3.63, 3.8) is 0 Å². The summed E-state index contributed by atoms with van der Waals surface area (Å²) in [4.78, 5) is 31.6. The number of allylic oxidation sites excluding steroid dienone is 2. The van der Waals surface area contributed by atoms with Crippen LogP contribution in [0.1, 0.15) is 96.8 Å². The predicted octanol–water partition coefficient (Wildman–Crippen LogP) is 5.11. The number of hydrogen-bond acceptors (Lipinski definition) is 7. The van der Waals surface area contributed by atoms with Crippen LogP contribution in [0.15, 0.2) is 12.2 Å². The summed E-state index contributed by atoms with van der Waals surface area (Å²) >= 11 is 0. The third-order valence-electron chi connectivity index (χ3n) is 4.93. The number of rotatable bonds is 23. The highest BCUT2D eigenvalue weighted by atomic mass is 31.2. The fourth-order valence-corrected chi connectivity index (χ4v) is 3.73. The zero-order valence-electron chi connectivity index (χ0n) is 20.1. The first-order valence-corrected chi connectivity index (χ1v) is 13.7. The lowest BCUT2D eigenvalue weighted by Gasteiger charge is -2.13. The van der Waals surface area contributed by atoms with Gasteiger partial charge in [0.2, 0.25) is 0 Å². The number of carbonyl (C=O) groups is 2. The number of phosphoric ester groups is 1. The van der Waals surface area contributed by atoms with Gasteiger partial charge in [0, 0.05) is 12.8 Å². The van der Waals surface area contributed by atoms with Crippen LogP contribution >= 0.6 is 7.82 Å². The Labute approximate surface area is 198 Å². The summed E-state index contributed by atoms with van der Waals surface area (Å²) < 4.78 is 25.8. The Hall–Kier alpha value is -1.25. The van der Waals surface area contributed by atoms with E-state index >= 15 is 0 Å². The standard InChI is InChI=1S/C23H44NO8P/c1-2-3-4-5-6-7-8-9-10-11-12-13-14-15-17-22(25)30-18-16-19-31-33(28,29)32-20-21(24)23(26)27/h8-9,21H,2-7,10-20,24H2,1H3,(H,26,27)(H,28,29)/b9-8+/t21-/m1/s1. The third kappa shape index (κ3) is 22.3. The molecule has 0 aliphatic heterocycles. The van der Waals surface area contributed by atoms with E-state index in [0.29, 0.717) is 6.42 Å². The lowest BCUT2D eigenvalue weighted by Crippen LogP contribution is -2.34. The molecule has 0 aliphatic carbocycles. The maximum Gasteiger partial charge on any atom is 0.472 e. The van der Waals surface area contributed by atoms with Crippen LogP contribution in [-0.2, 0) is 27.9 Å². The van der Waals surface area contributed by atoms with E-state index in [1.54, 1.807) is 0 Å². The summed E-state index contributed by atoms with van der Waals surface area (Å²) in [7, 11) is -4.38.